The van der Waals surface area contributed by atoms with Crippen molar-refractivity contribution in [1.82, 2.24) is 0 Å². The van der Waals surface area contributed by atoms with Gasteiger partial charge in [-0.3, -0.25) is 10.1 Å². The summed E-state index contributed by atoms with van der Waals surface area (Å²) in [6.07, 6.45) is 0.981. The fourth-order valence-electron chi connectivity index (χ4n) is 2.54. The van der Waals surface area contributed by atoms with Crippen LogP contribution in [0, 0.1) is 21.4 Å². The Kier molecular flexibility index (Phi) is 5.11. The number of nitro benzene ring substituents is 1. The second kappa shape index (κ2) is 7.50. The standard InChI is InChI=1S/C20H14N2O5S/c1-28(25,26)18-10-11-20(19(12-18)22(23)24)27-17-8-6-16(7-9-17)15-4-2-14(13-21)3-5-15/h2-12H,1H3. The number of benzene rings is 3. The van der Waals surface area contributed by atoms with Gasteiger partial charge < -0.3 is 4.74 Å². The molecule has 28 heavy (non-hydrogen) atoms. The van der Waals surface area contributed by atoms with E-state index in [1.165, 1.54) is 12.1 Å². The van der Waals surface area contributed by atoms with Crippen LogP contribution in [-0.2, 0) is 9.84 Å². The van der Waals surface area contributed by atoms with E-state index in [9.17, 15) is 18.5 Å². The first-order chi connectivity index (χ1) is 13.3. The molecular formula is C20H14N2O5S. The molecule has 7 nitrogen and oxygen atoms in total. The number of rotatable bonds is 5. The van der Waals surface area contributed by atoms with Gasteiger partial charge in [-0.05, 0) is 47.5 Å². The predicted octanol–water partition coefficient (Wildman–Crippen LogP) is 4.33. The van der Waals surface area contributed by atoms with E-state index in [-0.39, 0.29) is 10.6 Å². The lowest BCUT2D eigenvalue weighted by Gasteiger charge is -2.09. The Hall–Kier alpha value is -3.70. The lowest BCUT2D eigenvalue weighted by molar-refractivity contribution is -0.385. The van der Waals surface area contributed by atoms with Crippen molar-refractivity contribution in [3.8, 4) is 28.7 Å². The summed E-state index contributed by atoms with van der Waals surface area (Å²) in [7, 11) is -3.57. The molecule has 8 heteroatoms. The Labute approximate surface area is 161 Å². The summed E-state index contributed by atoms with van der Waals surface area (Å²) in [4.78, 5) is 10.5. The molecule has 0 bridgehead atoms. The van der Waals surface area contributed by atoms with Crippen molar-refractivity contribution in [3.05, 3.63) is 82.4 Å². The summed E-state index contributed by atoms with van der Waals surface area (Å²) < 4.78 is 28.8. The maximum Gasteiger partial charge on any atom is 0.312 e. The second-order valence-electron chi connectivity index (χ2n) is 5.97. The number of nitro groups is 1. The normalized spacial score (nSPS) is 10.9. The van der Waals surface area contributed by atoms with Crippen LogP contribution in [0.3, 0.4) is 0 Å². The van der Waals surface area contributed by atoms with Crippen molar-refractivity contribution in [2.45, 2.75) is 4.90 Å². The van der Waals surface area contributed by atoms with Crippen molar-refractivity contribution < 1.29 is 18.1 Å². The van der Waals surface area contributed by atoms with E-state index in [4.69, 9.17) is 10.00 Å². The molecule has 140 valence electrons. The maximum absolute atomic E-state index is 11.6. The van der Waals surface area contributed by atoms with Crippen LogP contribution < -0.4 is 4.74 Å². The molecule has 0 unspecified atom stereocenters. The zero-order chi connectivity index (χ0) is 20.3. The molecule has 0 aliphatic carbocycles. The Morgan fingerprint density at radius 2 is 1.54 bits per heavy atom. The predicted molar refractivity (Wildman–Crippen MR) is 103 cm³/mol. The van der Waals surface area contributed by atoms with Gasteiger partial charge in [0.15, 0.2) is 9.84 Å². The molecule has 3 aromatic rings. The summed E-state index contributed by atoms with van der Waals surface area (Å²) >= 11 is 0. The highest BCUT2D eigenvalue weighted by molar-refractivity contribution is 7.90. The molecule has 3 rings (SSSR count). The zero-order valence-corrected chi connectivity index (χ0v) is 15.5. The van der Waals surface area contributed by atoms with Crippen LogP contribution in [-0.4, -0.2) is 19.6 Å². The first-order valence-electron chi connectivity index (χ1n) is 8.05. The molecule has 0 N–H and O–H groups in total. The topological polar surface area (TPSA) is 110 Å². The smallest absolute Gasteiger partial charge is 0.312 e. The number of ether oxygens (including phenoxy) is 1. The van der Waals surface area contributed by atoms with Gasteiger partial charge in [0.1, 0.15) is 5.75 Å². The minimum atomic E-state index is -3.57. The maximum atomic E-state index is 11.6. The molecule has 0 saturated carbocycles. The number of nitriles is 1. The molecule has 0 radical (unpaired) electrons. The van der Waals surface area contributed by atoms with Crippen molar-refractivity contribution in [2.24, 2.45) is 0 Å². The molecule has 0 aromatic heterocycles. The van der Waals surface area contributed by atoms with E-state index in [1.54, 1.807) is 36.4 Å². The quantitative estimate of drug-likeness (QED) is 0.470. The first kappa shape index (κ1) is 19.1. The van der Waals surface area contributed by atoms with Crippen LogP contribution in [0.25, 0.3) is 11.1 Å². The van der Waals surface area contributed by atoms with E-state index in [0.717, 1.165) is 23.4 Å². The molecule has 0 amide bonds. The molecule has 0 atom stereocenters. The van der Waals surface area contributed by atoms with E-state index < -0.39 is 20.4 Å². The summed E-state index contributed by atoms with van der Waals surface area (Å²) in [5.41, 5.74) is 1.93. The van der Waals surface area contributed by atoms with Gasteiger partial charge in [-0.2, -0.15) is 5.26 Å². The van der Waals surface area contributed by atoms with Gasteiger partial charge in [-0.1, -0.05) is 24.3 Å². The number of nitrogens with zero attached hydrogens (tertiary/aromatic N) is 2. The number of hydrogen-bond acceptors (Lipinski definition) is 6. The number of sulfone groups is 1. The monoisotopic (exact) mass is 394 g/mol. The third-order valence-electron chi connectivity index (χ3n) is 3.98. The first-order valence-corrected chi connectivity index (χ1v) is 9.94. The zero-order valence-electron chi connectivity index (χ0n) is 14.7. The summed E-state index contributed by atoms with van der Waals surface area (Å²) in [5.74, 6) is 0.316. The molecule has 0 heterocycles. The van der Waals surface area contributed by atoms with E-state index in [1.807, 2.05) is 12.1 Å². The van der Waals surface area contributed by atoms with Crippen LogP contribution in [0.2, 0.25) is 0 Å². The van der Waals surface area contributed by atoms with Crippen LogP contribution in [0.15, 0.2) is 71.6 Å². The van der Waals surface area contributed by atoms with E-state index in [0.29, 0.717) is 11.3 Å². The molecule has 0 aliphatic rings. The second-order valence-corrected chi connectivity index (χ2v) is 7.99. The van der Waals surface area contributed by atoms with Gasteiger partial charge in [-0.25, -0.2) is 8.42 Å². The lowest BCUT2D eigenvalue weighted by atomic mass is 10.0. The fourth-order valence-corrected chi connectivity index (χ4v) is 3.18. The van der Waals surface area contributed by atoms with Crippen molar-refractivity contribution in [3.63, 3.8) is 0 Å². The highest BCUT2D eigenvalue weighted by atomic mass is 32.2. The SMILES string of the molecule is CS(=O)(=O)c1ccc(Oc2ccc(-c3ccc(C#N)cc3)cc2)c([N+](=O)[O-])c1. The van der Waals surface area contributed by atoms with Crippen LogP contribution in [0.4, 0.5) is 5.69 Å². The molecule has 0 fully saturated rings. The van der Waals surface area contributed by atoms with Gasteiger partial charge >= 0.3 is 5.69 Å². The Morgan fingerprint density at radius 3 is 2.04 bits per heavy atom. The molecule has 0 aliphatic heterocycles. The Morgan fingerprint density at radius 1 is 0.964 bits per heavy atom. The van der Waals surface area contributed by atoms with Gasteiger partial charge in [0.25, 0.3) is 0 Å². The van der Waals surface area contributed by atoms with Gasteiger partial charge in [0, 0.05) is 12.3 Å². The Bertz CT molecular complexity index is 1180. The van der Waals surface area contributed by atoms with Crippen molar-refractivity contribution >= 4 is 15.5 Å². The minimum Gasteiger partial charge on any atom is -0.450 e. The van der Waals surface area contributed by atoms with Crippen molar-refractivity contribution in [1.29, 1.82) is 5.26 Å². The number of hydrogen-bond donors (Lipinski definition) is 0. The van der Waals surface area contributed by atoms with Crippen LogP contribution >= 0.6 is 0 Å². The van der Waals surface area contributed by atoms with Crippen molar-refractivity contribution in [2.75, 3.05) is 6.26 Å². The van der Waals surface area contributed by atoms with Gasteiger partial charge in [-0.15, -0.1) is 0 Å². The average molecular weight is 394 g/mol. The van der Waals surface area contributed by atoms with Gasteiger partial charge in [0.05, 0.1) is 21.5 Å². The van der Waals surface area contributed by atoms with Gasteiger partial charge in [0.2, 0.25) is 5.75 Å². The minimum absolute atomic E-state index is 0.0523. The van der Waals surface area contributed by atoms with Crippen LogP contribution in [0.5, 0.6) is 11.5 Å². The van der Waals surface area contributed by atoms with E-state index >= 15 is 0 Å². The fraction of sp³-hybridized carbons (Fsp3) is 0.0500. The largest absolute Gasteiger partial charge is 0.450 e. The average Bonchev–Trinajstić information content (AvgIpc) is 2.68. The molecule has 0 saturated heterocycles. The summed E-state index contributed by atoms with van der Waals surface area (Å²) in [5, 5.41) is 20.1. The third kappa shape index (κ3) is 4.16. The summed E-state index contributed by atoms with van der Waals surface area (Å²) in [6.45, 7) is 0. The molecule has 0 spiro atoms. The summed E-state index contributed by atoms with van der Waals surface area (Å²) in [6, 6.07) is 19.5. The molecule has 3 aromatic carbocycles. The highest BCUT2D eigenvalue weighted by Crippen LogP contribution is 2.34. The Balaban J connectivity index is 1.87. The third-order valence-corrected chi connectivity index (χ3v) is 5.09. The molecular weight excluding hydrogens is 380 g/mol. The lowest BCUT2D eigenvalue weighted by Crippen LogP contribution is -2.00. The van der Waals surface area contributed by atoms with Crippen LogP contribution in [0.1, 0.15) is 5.56 Å². The van der Waals surface area contributed by atoms with E-state index in [2.05, 4.69) is 6.07 Å². The highest BCUT2D eigenvalue weighted by Gasteiger charge is 2.20.